The molecule has 0 spiro atoms. The summed E-state index contributed by atoms with van der Waals surface area (Å²) in [7, 11) is 0. The van der Waals surface area contributed by atoms with Crippen molar-refractivity contribution in [2.75, 3.05) is 5.32 Å². The van der Waals surface area contributed by atoms with Gasteiger partial charge in [0, 0.05) is 34.6 Å². The highest BCUT2D eigenvalue weighted by Crippen LogP contribution is 2.19. The van der Waals surface area contributed by atoms with E-state index in [0.29, 0.717) is 16.5 Å². The number of aromatic nitrogens is 3. The molecule has 0 atom stereocenters. The van der Waals surface area contributed by atoms with E-state index in [-0.39, 0.29) is 11.7 Å². The molecule has 0 bridgehead atoms. The lowest BCUT2D eigenvalue weighted by atomic mass is 10.2. The first kappa shape index (κ1) is 15.8. The van der Waals surface area contributed by atoms with Crippen LogP contribution in [0.4, 0.5) is 5.69 Å². The van der Waals surface area contributed by atoms with E-state index in [2.05, 4.69) is 15.4 Å². The normalized spacial score (nSPS) is 10.9. The zero-order valence-electron chi connectivity index (χ0n) is 12.4. The summed E-state index contributed by atoms with van der Waals surface area (Å²) in [6.45, 7) is 0. The summed E-state index contributed by atoms with van der Waals surface area (Å²) in [5.41, 5.74) is 1.29. The van der Waals surface area contributed by atoms with Gasteiger partial charge in [-0.15, -0.1) is 5.10 Å². The van der Waals surface area contributed by atoms with Gasteiger partial charge in [0.25, 0.3) is 0 Å². The van der Waals surface area contributed by atoms with Crippen molar-refractivity contribution >= 4 is 29.4 Å². The van der Waals surface area contributed by atoms with Crippen molar-refractivity contribution < 1.29 is 9.90 Å². The first-order valence-electron chi connectivity index (χ1n) is 7.05. The Hall–Kier alpha value is -3.12. The molecule has 0 fully saturated rings. The van der Waals surface area contributed by atoms with Crippen molar-refractivity contribution in [3.05, 3.63) is 66.0 Å². The third-order valence-corrected chi connectivity index (χ3v) is 3.32. The van der Waals surface area contributed by atoms with Crippen LogP contribution in [0.2, 0.25) is 5.02 Å². The number of phenols is 1. The zero-order valence-corrected chi connectivity index (χ0v) is 13.2. The Morgan fingerprint density at radius 3 is 2.83 bits per heavy atom. The van der Waals surface area contributed by atoms with Crippen LogP contribution in [0.3, 0.4) is 0 Å². The van der Waals surface area contributed by atoms with Crippen molar-refractivity contribution in [2.24, 2.45) is 0 Å². The van der Waals surface area contributed by atoms with E-state index in [0.717, 1.165) is 5.56 Å². The highest BCUT2D eigenvalue weighted by molar-refractivity contribution is 6.30. The van der Waals surface area contributed by atoms with Gasteiger partial charge in [0.05, 0.1) is 0 Å². The molecular formula is C17H13ClN4O2. The van der Waals surface area contributed by atoms with Gasteiger partial charge in [0.1, 0.15) is 12.1 Å². The smallest absolute Gasteiger partial charge is 0.249 e. The number of carbonyl (C=O) groups excluding carboxylic acids is 1. The standard InChI is InChI=1S/C17H13ClN4O2/c18-13-4-1-3-12(9-13)17-19-11-22(21-17)8-7-16(24)20-14-5-2-6-15(23)10-14/h1-11,23H,(H,20,24)/b8-7+. The Balaban J connectivity index is 1.68. The van der Waals surface area contributed by atoms with E-state index >= 15 is 0 Å². The molecule has 7 heteroatoms. The molecule has 0 saturated carbocycles. The average Bonchev–Trinajstić information content (AvgIpc) is 3.02. The number of anilines is 1. The molecule has 2 N–H and O–H groups in total. The van der Waals surface area contributed by atoms with Crippen molar-refractivity contribution in [1.82, 2.24) is 14.8 Å². The molecule has 0 aliphatic rings. The Kier molecular flexibility index (Phi) is 4.58. The number of hydrogen-bond acceptors (Lipinski definition) is 4. The number of rotatable bonds is 4. The minimum absolute atomic E-state index is 0.0826. The van der Waals surface area contributed by atoms with Crippen LogP contribution in [0, 0.1) is 0 Å². The van der Waals surface area contributed by atoms with E-state index in [4.69, 9.17) is 11.6 Å². The lowest BCUT2D eigenvalue weighted by Gasteiger charge is -2.01. The first-order chi connectivity index (χ1) is 11.6. The molecule has 0 saturated heterocycles. The fourth-order valence-corrected chi connectivity index (χ4v) is 2.21. The van der Waals surface area contributed by atoms with Crippen molar-refractivity contribution in [3.63, 3.8) is 0 Å². The summed E-state index contributed by atoms with van der Waals surface area (Å²) in [6, 6.07) is 13.5. The highest BCUT2D eigenvalue weighted by atomic mass is 35.5. The van der Waals surface area contributed by atoms with Crippen LogP contribution in [-0.2, 0) is 4.79 Å². The number of aromatic hydroxyl groups is 1. The summed E-state index contributed by atoms with van der Waals surface area (Å²) >= 11 is 5.95. The average molecular weight is 341 g/mol. The van der Waals surface area contributed by atoms with Crippen molar-refractivity contribution in [3.8, 4) is 17.1 Å². The van der Waals surface area contributed by atoms with Crippen molar-refractivity contribution in [1.29, 1.82) is 0 Å². The molecule has 3 rings (SSSR count). The number of nitrogens with zero attached hydrogens (tertiary/aromatic N) is 3. The number of carbonyl (C=O) groups is 1. The molecule has 6 nitrogen and oxygen atoms in total. The minimum Gasteiger partial charge on any atom is -0.508 e. The van der Waals surface area contributed by atoms with Gasteiger partial charge in [-0.2, -0.15) is 0 Å². The monoisotopic (exact) mass is 340 g/mol. The number of amides is 1. The fraction of sp³-hybridized carbons (Fsp3) is 0. The Morgan fingerprint density at radius 2 is 2.04 bits per heavy atom. The molecular weight excluding hydrogens is 328 g/mol. The molecule has 0 aliphatic heterocycles. The van der Waals surface area contributed by atoms with Gasteiger partial charge in [-0.1, -0.05) is 29.8 Å². The van der Waals surface area contributed by atoms with Crippen molar-refractivity contribution in [2.45, 2.75) is 0 Å². The topological polar surface area (TPSA) is 80.0 Å². The van der Waals surface area contributed by atoms with E-state index in [1.165, 1.54) is 35.4 Å². The van der Waals surface area contributed by atoms with Gasteiger partial charge in [-0.25, -0.2) is 9.67 Å². The van der Waals surface area contributed by atoms with Gasteiger partial charge in [-0.05, 0) is 24.3 Å². The number of nitrogens with one attached hydrogen (secondary N) is 1. The molecule has 0 radical (unpaired) electrons. The molecule has 24 heavy (non-hydrogen) atoms. The minimum atomic E-state index is -0.347. The van der Waals surface area contributed by atoms with Crippen LogP contribution in [0.25, 0.3) is 17.6 Å². The quantitative estimate of drug-likeness (QED) is 0.713. The lowest BCUT2D eigenvalue weighted by Crippen LogP contribution is -2.08. The van der Waals surface area contributed by atoms with Gasteiger partial charge in [-0.3, -0.25) is 4.79 Å². The van der Waals surface area contributed by atoms with Crippen LogP contribution in [-0.4, -0.2) is 25.8 Å². The van der Waals surface area contributed by atoms with Crippen LogP contribution >= 0.6 is 11.6 Å². The largest absolute Gasteiger partial charge is 0.508 e. The second-order valence-corrected chi connectivity index (χ2v) is 5.35. The first-order valence-corrected chi connectivity index (χ1v) is 7.43. The van der Waals surface area contributed by atoms with Gasteiger partial charge >= 0.3 is 0 Å². The molecule has 1 aromatic heterocycles. The fourth-order valence-electron chi connectivity index (χ4n) is 2.02. The molecule has 3 aromatic rings. The lowest BCUT2D eigenvalue weighted by molar-refractivity contribution is -0.111. The zero-order chi connectivity index (χ0) is 16.9. The molecule has 1 amide bonds. The Morgan fingerprint density at radius 1 is 1.21 bits per heavy atom. The van der Waals surface area contributed by atoms with Crippen LogP contribution in [0.1, 0.15) is 0 Å². The summed E-state index contributed by atoms with van der Waals surface area (Å²) < 4.78 is 1.43. The van der Waals surface area contributed by atoms with E-state index in [1.54, 1.807) is 24.3 Å². The summed E-state index contributed by atoms with van der Waals surface area (Å²) in [5, 5.41) is 16.9. The number of hydrogen-bond donors (Lipinski definition) is 2. The van der Waals surface area contributed by atoms with E-state index < -0.39 is 0 Å². The second kappa shape index (κ2) is 6.97. The maximum absolute atomic E-state index is 11.9. The summed E-state index contributed by atoms with van der Waals surface area (Å²) in [4.78, 5) is 16.0. The van der Waals surface area contributed by atoms with E-state index in [1.807, 2.05) is 12.1 Å². The maximum atomic E-state index is 11.9. The second-order valence-electron chi connectivity index (χ2n) is 4.91. The SMILES string of the molecule is O=C(/C=C/n1cnc(-c2cccc(Cl)c2)n1)Nc1cccc(O)c1. The molecule has 1 heterocycles. The number of halogens is 1. The Labute approximate surface area is 143 Å². The number of phenolic OH excluding ortho intramolecular Hbond substituents is 1. The highest BCUT2D eigenvalue weighted by Gasteiger charge is 2.04. The molecule has 120 valence electrons. The Bertz CT molecular complexity index is 905. The van der Waals surface area contributed by atoms with Gasteiger partial charge in [0.2, 0.25) is 5.91 Å². The predicted molar refractivity (Wildman–Crippen MR) is 92.5 cm³/mol. The van der Waals surface area contributed by atoms with Crippen LogP contribution < -0.4 is 5.32 Å². The summed E-state index contributed by atoms with van der Waals surface area (Å²) in [6.07, 6.45) is 4.30. The summed E-state index contributed by atoms with van der Waals surface area (Å²) in [5.74, 6) is 0.246. The third-order valence-electron chi connectivity index (χ3n) is 3.08. The molecule has 2 aromatic carbocycles. The third kappa shape index (κ3) is 3.99. The maximum Gasteiger partial charge on any atom is 0.249 e. The molecule has 0 aliphatic carbocycles. The van der Waals surface area contributed by atoms with E-state index in [9.17, 15) is 9.90 Å². The van der Waals surface area contributed by atoms with Gasteiger partial charge < -0.3 is 10.4 Å². The molecule has 0 unspecified atom stereocenters. The number of benzene rings is 2. The van der Waals surface area contributed by atoms with Gasteiger partial charge in [0.15, 0.2) is 5.82 Å². The predicted octanol–water partition coefficient (Wildman–Crippen LogP) is 3.41. The van der Waals surface area contributed by atoms with Crippen LogP contribution in [0.15, 0.2) is 60.9 Å². The van der Waals surface area contributed by atoms with Crippen LogP contribution in [0.5, 0.6) is 5.75 Å².